The Labute approximate surface area is 152 Å². The fourth-order valence-electron chi connectivity index (χ4n) is 4.52. The van der Waals surface area contributed by atoms with Gasteiger partial charge in [0.2, 0.25) is 0 Å². The lowest BCUT2D eigenvalue weighted by Crippen LogP contribution is -2.45. The van der Waals surface area contributed by atoms with Crippen molar-refractivity contribution in [3.05, 3.63) is 40.0 Å². The number of H-pyrrole nitrogens is 1. The Hall–Kier alpha value is -1.10. The topological polar surface area (TPSA) is 22.3 Å². The van der Waals surface area contributed by atoms with E-state index in [4.69, 9.17) is 0 Å². The van der Waals surface area contributed by atoms with E-state index in [1.807, 2.05) is 0 Å². The molecule has 0 bridgehead atoms. The van der Waals surface area contributed by atoms with Crippen LogP contribution in [0.1, 0.15) is 25.0 Å². The van der Waals surface area contributed by atoms with Gasteiger partial charge in [0.1, 0.15) is 0 Å². The molecule has 4 rings (SSSR count). The number of fused-ring (bicyclic) bond motifs is 2. The van der Waals surface area contributed by atoms with Crippen molar-refractivity contribution in [2.45, 2.75) is 26.3 Å². The van der Waals surface area contributed by atoms with Crippen LogP contribution in [0.4, 0.5) is 0 Å². The molecule has 0 saturated carbocycles. The molecular weight excluding hydrogens is 362 g/mol. The molecule has 1 aliphatic heterocycles. The van der Waals surface area contributed by atoms with Gasteiger partial charge < -0.3 is 9.88 Å². The molecule has 1 N–H and O–H groups in total. The Bertz CT molecular complexity index is 788. The van der Waals surface area contributed by atoms with Crippen molar-refractivity contribution in [1.82, 2.24) is 14.8 Å². The predicted octanol–water partition coefficient (Wildman–Crippen LogP) is 4.14. The van der Waals surface area contributed by atoms with E-state index in [9.17, 15) is 0 Å². The van der Waals surface area contributed by atoms with Crippen molar-refractivity contribution in [3.8, 4) is 0 Å². The molecule has 1 aromatic heterocycles. The van der Waals surface area contributed by atoms with Crippen molar-refractivity contribution in [1.29, 1.82) is 0 Å². The zero-order valence-electron chi connectivity index (χ0n) is 14.8. The third-order valence-corrected chi connectivity index (χ3v) is 6.48. The van der Waals surface area contributed by atoms with Crippen molar-refractivity contribution in [2.24, 2.45) is 5.92 Å². The van der Waals surface area contributed by atoms with Gasteiger partial charge in [-0.1, -0.05) is 32.1 Å². The minimum Gasteiger partial charge on any atom is -0.349 e. The third-order valence-electron chi connectivity index (χ3n) is 5.80. The number of aromatic nitrogens is 1. The van der Waals surface area contributed by atoms with Gasteiger partial charge in [-0.2, -0.15) is 0 Å². The molecule has 128 valence electrons. The van der Waals surface area contributed by atoms with Gasteiger partial charge in [-0.25, -0.2) is 0 Å². The molecule has 24 heavy (non-hydrogen) atoms. The molecule has 2 aromatic rings. The maximum Gasteiger partial charge on any atom is 0.0864 e. The summed E-state index contributed by atoms with van der Waals surface area (Å²) in [5.41, 5.74) is 5.65. The van der Waals surface area contributed by atoms with E-state index >= 15 is 0 Å². The van der Waals surface area contributed by atoms with Crippen molar-refractivity contribution >= 4 is 32.4 Å². The largest absolute Gasteiger partial charge is 0.349 e. The first-order valence-corrected chi connectivity index (χ1v) is 9.85. The maximum absolute atomic E-state index is 3.74. The second kappa shape index (κ2) is 6.32. The number of nitrogens with one attached hydrogen (secondary N) is 1. The van der Waals surface area contributed by atoms with Crippen LogP contribution in [0.15, 0.2) is 28.9 Å². The quantitative estimate of drug-likeness (QED) is 0.851. The Balaban J connectivity index is 1.78. The highest BCUT2D eigenvalue weighted by Crippen LogP contribution is 2.43. The summed E-state index contributed by atoms with van der Waals surface area (Å²) in [5.74, 6) is 0.611. The molecule has 4 heteroatoms. The van der Waals surface area contributed by atoms with Crippen LogP contribution in [0.2, 0.25) is 0 Å². The number of aromatic amines is 1. The van der Waals surface area contributed by atoms with E-state index < -0.39 is 0 Å². The second-order valence-corrected chi connectivity index (χ2v) is 7.97. The number of likely N-dealkylation sites (N-methyl/N-ethyl adjacent to an activating group) is 1. The molecule has 1 aromatic carbocycles. The molecule has 0 unspecified atom stereocenters. The van der Waals surface area contributed by atoms with Crippen LogP contribution in [-0.4, -0.2) is 54.1 Å². The first-order valence-electron chi connectivity index (χ1n) is 9.06. The fraction of sp³-hybridized carbons (Fsp3) is 0.500. The Morgan fingerprint density at radius 3 is 2.83 bits per heavy atom. The molecule has 3 nitrogen and oxygen atoms in total. The lowest BCUT2D eigenvalue weighted by atomic mass is 9.80. The van der Waals surface area contributed by atoms with Crippen LogP contribution in [0.5, 0.6) is 0 Å². The van der Waals surface area contributed by atoms with Crippen molar-refractivity contribution < 1.29 is 0 Å². The first kappa shape index (κ1) is 16.4. The lowest BCUT2D eigenvalue weighted by molar-refractivity contribution is 0.198. The molecule has 0 spiro atoms. The highest BCUT2D eigenvalue weighted by Gasteiger charge is 2.34. The molecule has 2 heterocycles. The summed E-state index contributed by atoms with van der Waals surface area (Å²) in [7, 11) is 2.29. The minimum absolute atomic E-state index is 0.503. The summed E-state index contributed by atoms with van der Waals surface area (Å²) in [4.78, 5) is 8.61. The van der Waals surface area contributed by atoms with E-state index in [1.165, 1.54) is 27.6 Å². The first-order chi connectivity index (χ1) is 11.6. The van der Waals surface area contributed by atoms with E-state index in [2.05, 4.69) is 75.9 Å². The number of benzene rings is 1. The fourth-order valence-corrected chi connectivity index (χ4v) is 5.10. The molecule has 0 amide bonds. The van der Waals surface area contributed by atoms with Crippen molar-refractivity contribution in [3.63, 3.8) is 0 Å². The average Bonchev–Trinajstić information content (AvgIpc) is 2.91. The third kappa shape index (κ3) is 2.56. The minimum atomic E-state index is 0.503. The van der Waals surface area contributed by atoms with E-state index in [-0.39, 0.29) is 0 Å². The zero-order chi connectivity index (χ0) is 16.8. The second-order valence-electron chi connectivity index (χ2n) is 7.17. The molecule has 2 aliphatic rings. The van der Waals surface area contributed by atoms with Crippen LogP contribution < -0.4 is 0 Å². The number of hydrogen-bond donors (Lipinski definition) is 1. The zero-order valence-corrected chi connectivity index (χ0v) is 16.4. The summed E-state index contributed by atoms with van der Waals surface area (Å²) in [6.07, 6.45) is 3.67. The predicted molar refractivity (Wildman–Crippen MR) is 105 cm³/mol. The summed E-state index contributed by atoms with van der Waals surface area (Å²) >= 11 is 3.74. The molecule has 0 radical (unpaired) electrons. The van der Waals surface area contributed by atoms with Crippen molar-refractivity contribution in [2.75, 3.05) is 33.2 Å². The van der Waals surface area contributed by atoms with Crippen LogP contribution in [0, 0.1) is 5.92 Å². The molecular formula is C20H26BrN3. The summed E-state index contributed by atoms with van der Waals surface area (Å²) in [6, 6.07) is 7.18. The maximum atomic E-state index is 3.74. The average molecular weight is 388 g/mol. The number of hydrogen-bond acceptors (Lipinski definition) is 2. The van der Waals surface area contributed by atoms with Gasteiger partial charge in [0.25, 0.3) is 0 Å². The molecule has 0 saturated heterocycles. The highest BCUT2D eigenvalue weighted by atomic mass is 79.9. The van der Waals surface area contributed by atoms with Crippen LogP contribution >= 0.6 is 15.9 Å². The van der Waals surface area contributed by atoms with Gasteiger partial charge in [-0.05, 0) is 65.3 Å². The number of halogens is 1. The smallest absolute Gasteiger partial charge is 0.0864 e. The van der Waals surface area contributed by atoms with E-state index in [1.54, 1.807) is 0 Å². The standard InChI is InChI=1S/C20H26BrN3/c1-4-24(5-2)12-13-9-15-14-7-6-8-17-19(14)16(20(21)22-17)10-18(15)23(3)11-13/h6-9,13,18,22H,4-5,10-12H2,1-3H3/t13-,18+/m1/s1. The van der Waals surface area contributed by atoms with Gasteiger partial charge in [0.15, 0.2) is 0 Å². The summed E-state index contributed by atoms with van der Waals surface area (Å²) in [5, 5.41) is 1.42. The Kier molecular flexibility index (Phi) is 4.31. The molecule has 0 fully saturated rings. The van der Waals surface area contributed by atoms with Crippen LogP contribution in [-0.2, 0) is 6.42 Å². The van der Waals surface area contributed by atoms with E-state index in [0.717, 1.165) is 37.2 Å². The molecule has 1 aliphatic carbocycles. The van der Waals surface area contributed by atoms with Gasteiger partial charge >= 0.3 is 0 Å². The Morgan fingerprint density at radius 1 is 1.29 bits per heavy atom. The number of nitrogens with zero attached hydrogens (tertiary/aromatic N) is 2. The Morgan fingerprint density at radius 2 is 2.08 bits per heavy atom. The number of rotatable bonds is 4. The SMILES string of the molecule is CCN(CC)C[C@@H]1C=C2c3cccc4[nH]c(Br)c(c34)C[C@@H]2N(C)C1. The summed E-state index contributed by atoms with van der Waals surface area (Å²) in [6.45, 7) is 9.10. The van der Waals surface area contributed by atoms with Gasteiger partial charge in [0.05, 0.1) is 4.60 Å². The van der Waals surface area contributed by atoms with Crippen LogP contribution in [0.3, 0.4) is 0 Å². The van der Waals surface area contributed by atoms with Gasteiger partial charge in [-0.3, -0.25) is 4.90 Å². The highest BCUT2D eigenvalue weighted by molar-refractivity contribution is 9.10. The lowest BCUT2D eigenvalue weighted by Gasteiger charge is -2.41. The van der Waals surface area contributed by atoms with E-state index in [0.29, 0.717) is 12.0 Å². The summed E-state index contributed by atoms with van der Waals surface area (Å²) < 4.78 is 1.16. The van der Waals surface area contributed by atoms with Gasteiger partial charge in [-0.15, -0.1) is 0 Å². The van der Waals surface area contributed by atoms with Crippen LogP contribution in [0.25, 0.3) is 16.5 Å². The normalized spacial score (nSPS) is 23.6. The van der Waals surface area contributed by atoms with Gasteiger partial charge in [0, 0.05) is 36.0 Å². The molecule has 2 atom stereocenters. The monoisotopic (exact) mass is 387 g/mol.